The number of para-hydroxylation sites is 1. The van der Waals surface area contributed by atoms with E-state index in [9.17, 15) is 4.79 Å². The molecule has 1 aromatic carbocycles. The second-order valence-electron chi connectivity index (χ2n) is 6.09. The lowest BCUT2D eigenvalue weighted by Crippen LogP contribution is -2.31. The molecule has 5 nitrogen and oxygen atoms in total. The molecule has 1 aromatic heterocycles. The van der Waals surface area contributed by atoms with Crippen LogP contribution in [0.1, 0.15) is 36.7 Å². The summed E-state index contributed by atoms with van der Waals surface area (Å²) >= 11 is 0. The molecule has 1 aliphatic rings. The number of amides is 1. The third-order valence-corrected chi connectivity index (χ3v) is 4.36. The molecule has 1 atom stereocenters. The molecule has 2 aromatic rings. The first-order chi connectivity index (χ1) is 11.2. The Bertz CT molecular complexity index is 676. The quantitative estimate of drug-likeness (QED) is 0.855. The Kier molecular flexibility index (Phi) is 4.65. The first-order valence-electron chi connectivity index (χ1n) is 8.07. The molecule has 1 aliphatic carbocycles. The van der Waals surface area contributed by atoms with Crippen LogP contribution in [0.15, 0.2) is 36.7 Å². The van der Waals surface area contributed by atoms with Crippen molar-refractivity contribution in [3.8, 4) is 5.75 Å². The standard InChI is InChI=1S/C18H23N3O2/c1-21-12-11-19-18(21)17(14-7-8-14)20-16(22)10-9-13-5-3-4-6-15(13)23-2/h3-6,11-12,14,17H,7-10H2,1-2H3,(H,20,22)/t17-/m0/s1. The predicted octanol–water partition coefficient (Wildman–Crippen LogP) is 2.63. The number of nitrogens with zero attached hydrogens (tertiary/aromatic N) is 2. The Balaban J connectivity index is 1.61. The minimum absolute atomic E-state index is 0.0279. The molecule has 0 spiro atoms. The van der Waals surface area contributed by atoms with E-state index in [1.54, 1.807) is 13.3 Å². The smallest absolute Gasteiger partial charge is 0.220 e. The van der Waals surface area contributed by atoms with Gasteiger partial charge in [0.2, 0.25) is 5.91 Å². The number of hydrogen-bond acceptors (Lipinski definition) is 3. The molecule has 0 aliphatic heterocycles. The van der Waals surface area contributed by atoms with Crippen LogP contribution in [-0.4, -0.2) is 22.6 Å². The second-order valence-corrected chi connectivity index (χ2v) is 6.09. The monoisotopic (exact) mass is 313 g/mol. The Hall–Kier alpha value is -2.30. The topological polar surface area (TPSA) is 56.1 Å². The number of aromatic nitrogens is 2. The van der Waals surface area contributed by atoms with E-state index in [4.69, 9.17) is 4.74 Å². The average Bonchev–Trinajstić information content (AvgIpc) is 3.32. The second kappa shape index (κ2) is 6.86. The van der Waals surface area contributed by atoms with Gasteiger partial charge in [-0.2, -0.15) is 0 Å². The molecule has 1 saturated carbocycles. The zero-order valence-corrected chi connectivity index (χ0v) is 13.7. The van der Waals surface area contributed by atoms with Crippen molar-refractivity contribution in [2.24, 2.45) is 13.0 Å². The fraction of sp³-hybridized carbons (Fsp3) is 0.444. The summed E-state index contributed by atoms with van der Waals surface area (Å²) in [7, 11) is 3.63. The molecule has 3 rings (SSSR count). The zero-order chi connectivity index (χ0) is 16.2. The molecule has 0 unspecified atom stereocenters. The minimum atomic E-state index is 0.0279. The van der Waals surface area contributed by atoms with Gasteiger partial charge in [-0.25, -0.2) is 4.98 Å². The van der Waals surface area contributed by atoms with Gasteiger partial charge in [-0.1, -0.05) is 18.2 Å². The largest absolute Gasteiger partial charge is 0.496 e. The fourth-order valence-corrected chi connectivity index (χ4v) is 2.90. The van der Waals surface area contributed by atoms with Crippen molar-refractivity contribution in [1.29, 1.82) is 0 Å². The summed E-state index contributed by atoms with van der Waals surface area (Å²) in [5, 5.41) is 3.17. The van der Waals surface area contributed by atoms with Crippen molar-refractivity contribution in [3.05, 3.63) is 48.0 Å². The summed E-state index contributed by atoms with van der Waals surface area (Å²) in [6.07, 6.45) is 7.15. The van der Waals surface area contributed by atoms with Crippen LogP contribution in [0.2, 0.25) is 0 Å². The summed E-state index contributed by atoms with van der Waals surface area (Å²) in [5.74, 6) is 2.36. The van der Waals surface area contributed by atoms with Gasteiger partial charge in [-0.15, -0.1) is 0 Å². The molecule has 5 heteroatoms. The van der Waals surface area contributed by atoms with Crippen LogP contribution in [0, 0.1) is 5.92 Å². The van der Waals surface area contributed by atoms with Crippen LogP contribution >= 0.6 is 0 Å². The number of imidazole rings is 1. The van der Waals surface area contributed by atoms with Gasteiger partial charge < -0.3 is 14.6 Å². The van der Waals surface area contributed by atoms with Gasteiger partial charge in [0.15, 0.2) is 0 Å². The Labute approximate surface area is 136 Å². The molecular weight excluding hydrogens is 290 g/mol. The van der Waals surface area contributed by atoms with Crippen molar-refractivity contribution in [2.45, 2.75) is 31.7 Å². The van der Waals surface area contributed by atoms with Crippen LogP contribution < -0.4 is 10.1 Å². The van der Waals surface area contributed by atoms with Crippen LogP contribution in [0.5, 0.6) is 5.75 Å². The average molecular weight is 313 g/mol. The van der Waals surface area contributed by atoms with Gasteiger partial charge in [0.1, 0.15) is 11.6 Å². The normalized spacial score (nSPS) is 15.2. The Morgan fingerprint density at radius 1 is 1.43 bits per heavy atom. The van der Waals surface area contributed by atoms with E-state index in [0.29, 0.717) is 18.8 Å². The molecule has 0 saturated heterocycles. The number of benzene rings is 1. The van der Waals surface area contributed by atoms with Crippen molar-refractivity contribution >= 4 is 5.91 Å². The van der Waals surface area contributed by atoms with Crippen molar-refractivity contribution < 1.29 is 9.53 Å². The molecule has 122 valence electrons. The highest BCUT2D eigenvalue weighted by Crippen LogP contribution is 2.40. The number of ether oxygens (including phenoxy) is 1. The summed E-state index contributed by atoms with van der Waals surface area (Å²) in [4.78, 5) is 16.8. The maximum absolute atomic E-state index is 12.4. The first-order valence-corrected chi connectivity index (χ1v) is 8.07. The molecule has 1 fully saturated rings. The number of aryl methyl sites for hydroxylation is 2. The van der Waals surface area contributed by atoms with Gasteiger partial charge in [0.25, 0.3) is 0 Å². The lowest BCUT2D eigenvalue weighted by molar-refractivity contribution is -0.122. The van der Waals surface area contributed by atoms with Gasteiger partial charge in [-0.3, -0.25) is 4.79 Å². The molecule has 1 N–H and O–H groups in total. The summed E-state index contributed by atoms with van der Waals surface area (Å²) < 4.78 is 7.33. The molecule has 0 radical (unpaired) electrons. The molecule has 1 amide bonds. The van der Waals surface area contributed by atoms with E-state index >= 15 is 0 Å². The number of rotatable bonds is 7. The van der Waals surface area contributed by atoms with E-state index in [1.165, 1.54) is 0 Å². The number of methoxy groups -OCH3 is 1. The minimum Gasteiger partial charge on any atom is -0.496 e. The molecular formula is C18H23N3O2. The SMILES string of the molecule is COc1ccccc1CCC(=O)N[C@H](c1nccn1C)C1CC1. The highest BCUT2D eigenvalue weighted by atomic mass is 16.5. The predicted molar refractivity (Wildman–Crippen MR) is 88.1 cm³/mol. The van der Waals surface area contributed by atoms with Gasteiger partial charge in [-0.05, 0) is 36.8 Å². The maximum Gasteiger partial charge on any atom is 0.220 e. The zero-order valence-electron chi connectivity index (χ0n) is 13.7. The van der Waals surface area contributed by atoms with E-state index in [0.717, 1.165) is 30.0 Å². The summed E-state index contributed by atoms with van der Waals surface area (Å²) in [6.45, 7) is 0. The van der Waals surface area contributed by atoms with E-state index in [1.807, 2.05) is 42.1 Å². The number of nitrogens with one attached hydrogen (secondary N) is 1. The van der Waals surface area contributed by atoms with E-state index < -0.39 is 0 Å². The Morgan fingerprint density at radius 2 is 2.22 bits per heavy atom. The Morgan fingerprint density at radius 3 is 2.87 bits per heavy atom. The fourth-order valence-electron chi connectivity index (χ4n) is 2.90. The lowest BCUT2D eigenvalue weighted by Gasteiger charge is -2.18. The maximum atomic E-state index is 12.4. The van der Waals surface area contributed by atoms with Gasteiger partial charge >= 0.3 is 0 Å². The number of hydrogen-bond donors (Lipinski definition) is 1. The third kappa shape index (κ3) is 3.73. The highest BCUT2D eigenvalue weighted by molar-refractivity contribution is 5.76. The molecule has 0 bridgehead atoms. The number of carbonyl (C=O) groups is 1. The molecule has 23 heavy (non-hydrogen) atoms. The van der Waals surface area contributed by atoms with E-state index in [-0.39, 0.29) is 11.9 Å². The van der Waals surface area contributed by atoms with Crippen LogP contribution in [0.4, 0.5) is 0 Å². The van der Waals surface area contributed by atoms with Crippen LogP contribution in [-0.2, 0) is 18.3 Å². The van der Waals surface area contributed by atoms with Crippen molar-refractivity contribution in [2.75, 3.05) is 7.11 Å². The number of carbonyl (C=O) groups excluding carboxylic acids is 1. The van der Waals surface area contributed by atoms with E-state index in [2.05, 4.69) is 10.3 Å². The van der Waals surface area contributed by atoms with Crippen LogP contribution in [0.25, 0.3) is 0 Å². The molecule has 1 heterocycles. The first kappa shape index (κ1) is 15.6. The van der Waals surface area contributed by atoms with Crippen molar-refractivity contribution in [3.63, 3.8) is 0 Å². The lowest BCUT2D eigenvalue weighted by atomic mass is 10.1. The highest BCUT2D eigenvalue weighted by Gasteiger charge is 2.35. The van der Waals surface area contributed by atoms with Crippen molar-refractivity contribution in [1.82, 2.24) is 14.9 Å². The summed E-state index contributed by atoms with van der Waals surface area (Å²) in [6, 6.07) is 7.86. The van der Waals surface area contributed by atoms with Gasteiger partial charge in [0.05, 0.1) is 13.2 Å². The van der Waals surface area contributed by atoms with Gasteiger partial charge in [0, 0.05) is 25.9 Å². The third-order valence-electron chi connectivity index (χ3n) is 4.36. The van der Waals surface area contributed by atoms with Crippen LogP contribution in [0.3, 0.4) is 0 Å². The summed E-state index contributed by atoms with van der Waals surface area (Å²) in [5.41, 5.74) is 1.06.